The second kappa shape index (κ2) is 4.01. The van der Waals surface area contributed by atoms with E-state index in [4.69, 9.17) is 0 Å². The Balaban J connectivity index is 1.87. The number of aryl methyl sites for hydroxylation is 1. The van der Waals surface area contributed by atoms with E-state index in [1.807, 2.05) is 19.2 Å². The lowest BCUT2D eigenvalue weighted by atomic mass is 10.2. The van der Waals surface area contributed by atoms with Gasteiger partial charge in [0.25, 0.3) is 0 Å². The Kier molecular flexibility index (Phi) is 2.52. The second-order valence-electron chi connectivity index (χ2n) is 4.78. The fourth-order valence-electron chi connectivity index (χ4n) is 2.41. The van der Waals surface area contributed by atoms with Crippen LogP contribution in [0.5, 0.6) is 0 Å². The van der Waals surface area contributed by atoms with Crippen molar-refractivity contribution < 1.29 is 0 Å². The van der Waals surface area contributed by atoms with Gasteiger partial charge in [0.05, 0.1) is 0 Å². The van der Waals surface area contributed by atoms with E-state index in [0.717, 1.165) is 24.7 Å². The number of aromatic nitrogens is 2. The van der Waals surface area contributed by atoms with Gasteiger partial charge in [-0.25, -0.2) is 9.97 Å². The largest absolute Gasteiger partial charge is 0.334 e. The second-order valence-corrected chi connectivity index (χ2v) is 4.78. The molecule has 4 nitrogen and oxygen atoms in total. The fourth-order valence-corrected chi connectivity index (χ4v) is 2.41. The van der Waals surface area contributed by atoms with Crippen molar-refractivity contribution in [3.63, 3.8) is 0 Å². The summed E-state index contributed by atoms with van der Waals surface area (Å²) in [5.41, 5.74) is 1.06. The van der Waals surface area contributed by atoms with Crippen molar-refractivity contribution in [3.8, 4) is 0 Å². The van der Waals surface area contributed by atoms with Crippen LogP contribution in [0.4, 0.5) is 5.95 Å². The van der Waals surface area contributed by atoms with E-state index < -0.39 is 0 Å². The van der Waals surface area contributed by atoms with Gasteiger partial charge in [0.2, 0.25) is 5.95 Å². The van der Waals surface area contributed by atoms with Crippen LogP contribution in [0, 0.1) is 6.92 Å². The highest BCUT2D eigenvalue weighted by Crippen LogP contribution is 2.32. The average molecular weight is 218 g/mol. The van der Waals surface area contributed by atoms with Crippen molar-refractivity contribution in [3.05, 3.63) is 18.0 Å². The van der Waals surface area contributed by atoms with Gasteiger partial charge in [-0.05, 0) is 38.8 Å². The summed E-state index contributed by atoms with van der Waals surface area (Å²) in [6.45, 7) is 4.23. The minimum absolute atomic E-state index is 0.592. The van der Waals surface area contributed by atoms with Crippen molar-refractivity contribution in [1.29, 1.82) is 0 Å². The molecule has 0 radical (unpaired) electrons. The summed E-state index contributed by atoms with van der Waals surface area (Å²) >= 11 is 0. The molecule has 1 aromatic rings. The smallest absolute Gasteiger partial charge is 0.226 e. The number of nitrogens with zero attached hydrogens (tertiary/aromatic N) is 3. The first-order valence-corrected chi connectivity index (χ1v) is 6.13. The molecule has 86 valence electrons. The minimum Gasteiger partial charge on any atom is -0.334 e. The molecule has 1 N–H and O–H groups in total. The Labute approximate surface area is 96.1 Å². The van der Waals surface area contributed by atoms with E-state index in [2.05, 4.69) is 20.2 Å². The van der Waals surface area contributed by atoms with Crippen LogP contribution >= 0.6 is 0 Å². The van der Waals surface area contributed by atoms with E-state index >= 15 is 0 Å². The highest BCUT2D eigenvalue weighted by atomic mass is 15.3. The molecule has 0 spiro atoms. The maximum atomic E-state index is 4.57. The average Bonchev–Trinajstić information content (AvgIpc) is 2.94. The van der Waals surface area contributed by atoms with Gasteiger partial charge in [-0.2, -0.15) is 0 Å². The minimum atomic E-state index is 0.592. The predicted molar refractivity (Wildman–Crippen MR) is 63.5 cm³/mol. The number of hydrogen-bond acceptors (Lipinski definition) is 4. The van der Waals surface area contributed by atoms with Gasteiger partial charge in [-0.3, -0.25) is 0 Å². The van der Waals surface area contributed by atoms with Crippen LogP contribution in [-0.2, 0) is 0 Å². The van der Waals surface area contributed by atoms with Crippen LogP contribution in [-0.4, -0.2) is 35.1 Å². The molecule has 1 unspecified atom stereocenters. The molecule has 0 aromatic carbocycles. The van der Waals surface area contributed by atoms with Crippen LogP contribution < -0.4 is 10.2 Å². The highest BCUT2D eigenvalue weighted by molar-refractivity contribution is 5.37. The molecule has 1 saturated carbocycles. The maximum Gasteiger partial charge on any atom is 0.226 e. The number of rotatable bonds is 3. The monoisotopic (exact) mass is 218 g/mol. The first-order chi connectivity index (χ1) is 7.84. The SMILES string of the molecule is Cc1ccnc(N(C2CC2)C2CCNC2)n1. The number of nitrogens with one attached hydrogen (secondary N) is 1. The number of anilines is 1. The third-order valence-electron chi connectivity index (χ3n) is 3.38. The first-order valence-electron chi connectivity index (χ1n) is 6.13. The zero-order valence-corrected chi connectivity index (χ0v) is 9.69. The van der Waals surface area contributed by atoms with Gasteiger partial charge in [-0.15, -0.1) is 0 Å². The van der Waals surface area contributed by atoms with Crippen molar-refractivity contribution in [2.75, 3.05) is 18.0 Å². The third-order valence-corrected chi connectivity index (χ3v) is 3.38. The topological polar surface area (TPSA) is 41.1 Å². The fraction of sp³-hybridized carbons (Fsp3) is 0.667. The molecule has 1 saturated heterocycles. The Hall–Kier alpha value is -1.16. The predicted octanol–water partition coefficient (Wildman–Crippen LogP) is 1.12. The Morgan fingerprint density at radius 3 is 2.81 bits per heavy atom. The summed E-state index contributed by atoms with van der Waals surface area (Å²) in [4.78, 5) is 11.4. The third kappa shape index (κ3) is 1.89. The summed E-state index contributed by atoms with van der Waals surface area (Å²) in [6, 6.07) is 3.24. The van der Waals surface area contributed by atoms with Gasteiger partial charge in [0, 0.05) is 30.5 Å². The maximum absolute atomic E-state index is 4.57. The molecule has 1 aliphatic carbocycles. The molecule has 0 amide bonds. The molecule has 2 fully saturated rings. The first kappa shape index (κ1) is 10.0. The Bertz CT molecular complexity index is 369. The van der Waals surface area contributed by atoms with E-state index in [1.54, 1.807) is 0 Å². The molecular formula is C12H18N4. The van der Waals surface area contributed by atoms with E-state index in [1.165, 1.54) is 19.3 Å². The molecular weight excluding hydrogens is 200 g/mol. The van der Waals surface area contributed by atoms with Crippen molar-refractivity contribution in [2.24, 2.45) is 0 Å². The molecule has 16 heavy (non-hydrogen) atoms. The molecule has 2 heterocycles. The molecule has 2 aliphatic rings. The van der Waals surface area contributed by atoms with Crippen LogP contribution in [0.2, 0.25) is 0 Å². The molecule has 0 bridgehead atoms. The lowest BCUT2D eigenvalue weighted by Crippen LogP contribution is -2.39. The van der Waals surface area contributed by atoms with Crippen molar-refractivity contribution >= 4 is 5.95 Å². The van der Waals surface area contributed by atoms with Gasteiger partial charge in [0.15, 0.2) is 0 Å². The summed E-state index contributed by atoms with van der Waals surface area (Å²) in [5, 5.41) is 3.42. The van der Waals surface area contributed by atoms with Gasteiger partial charge >= 0.3 is 0 Å². The highest BCUT2D eigenvalue weighted by Gasteiger charge is 2.36. The van der Waals surface area contributed by atoms with Crippen LogP contribution in [0.3, 0.4) is 0 Å². The lowest BCUT2D eigenvalue weighted by molar-refractivity contribution is 0.611. The van der Waals surface area contributed by atoms with Crippen LogP contribution in [0.1, 0.15) is 25.0 Å². The van der Waals surface area contributed by atoms with Gasteiger partial charge in [0.1, 0.15) is 0 Å². The van der Waals surface area contributed by atoms with Crippen LogP contribution in [0.25, 0.3) is 0 Å². The molecule has 3 rings (SSSR count). The van der Waals surface area contributed by atoms with Gasteiger partial charge < -0.3 is 10.2 Å². The molecule has 1 atom stereocenters. The van der Waals surface area contributed by atoms with E-state index in [0.29, 0.717) is 12.1 Å². The van der Waals surface area contributed by atoms with Gasteiger partial charge in [-0.1, -0.05) is 0 Å². The molecule has 1 aliphatic heterocycles. The summed E-state index contributed by atoms with van der Waals surface area (Å²) in [7, 11) is 0. The Morgan fingerprint density at radius 1 is 1.31 bits per heavy atom. The zero-order chi connectivity index (χ0) is 11.0. The van der Waals surface area contributed by atoms with E-state index in [-0.39, 0.29) is 0 Å². The van der Waals surface area contributed by atoms with Crippen molar-refractivity contribution in [1.82, 2.24) is 15.3 Å². The summed E-state index contributed by atoms with van der Waals surface area (Å²) in [6.07, 6.45) is 5.69. The normalized spacial score (nSPS) is 24.7. The van der Waals surface area contributed by atoms with Crippen molar-refractivity contribution in [2.45, 2.75) is 38.3 Å². The van der Waals surface area contributed by atoms with E-state index in [9.17, 15) is 0 Å². The summed E-state index contributed by atoms with van der Waals surface area (Å²) in [5.74, 6) is 0.927. The standard InChI is InChI=1S/C12H18N4/c1-9-4-7-14-12(15-9)16(10-2-3-10)11-5-6-13-8-11/h4,7,10-11,13H,2-3,5-6,8H2,1H3. The molecule has 4 heteroatoms. The number of hydrogen-bond donors (Lipinski definition) is 1. The zero-order valence-electron chi connectivity index (χ0n) is 9.69. The summed E-state index contributed by atoms with van der Waals surface area (Å²) < 4.78 is 0. The van der Waals surface area contributed by atoms with Crippen LogP contribution in [0.15, 0.2) is 12.3 Å². The lowest BCUT2D eigenvalue weighted by Gasteiger charge is -2.28. The Morgan fingerprint density at radius 2 is 2.19 bits per heavy atom. The molecule has 1 aromatic heterocycles. The quantitative estimate of drug-likeness (QED) is 0.825.